The van der Waals surface area contributed by atoms with E-state index in [0.29, 0.717) is 19.1 Å². The minimum atomic E-state index is 0.463. The van der Waals surface area contributed by atoms with E-state index in [4.69, 9.17) is 9.47 Å². The highest BCUT2D eigenvalue weighted by molar-refractivity contribution is 5.78. The molecule has 2 aromatic rings. The molecule has 0 unspecified atom stereocenters. The molecular weight excluding hydrogens is 248 g/mol. The first-order chi connectivity index (χ1) is 9.92. The van der Waals surface area contributed by atoms with Gasteiger partial charge in [0.25, 0.3) is 0 Å². The summed E-state index contributed by atoms with van der Waals surface area (Å²) in [6, 6.07) is 17.4. The summed E-state index contributed by atoms with van der Waals surface area (Å²) in [4.78, 5) is 0. The van der Waals surface area contributed by atoms with Crippen LogP contribution in [0.3, 0.4) is 0 Å². The van der Waals surface area contributed by atoms with Gasteiger partial charge in [0, 0.05) is 19.6 Å². The maximum atomic E-state index is 5.64. The van der Waals surface area contributed by atoms with Crippen LogP contribution in [0.25, 0.3) is 11.1 Å². The van der Waals surface area contributed by atoms with E-state index in [9.17, 15) is 0 Å². The zero-order valence-corrected chi connectivity index (χ0v) is 11.8. The van der Waals surface area contributed by atoms with Crippen molar-refractivity contribution in [2.24, 2.45) is 0 Å². The first-order valence-corrected chi connectivity index (χ1v) is 7.16. The lowest BCUT2D eigenvalue weighted by molar-refractivity contribution is 0.0682. The van der Waals surface area contributed by atoms with Gasteiger partial charge >= 0.3 is 0 Å². The Balaban J connectivity index is 1.77. The highest BCUT2D eigenvalue weighted by atomic mass is 16.5. The summed E-state index contributed by atoms with van der Waals surface area (Å²) in [5, 5.41) is 0. The summed E-state index contributed by atoms with van der Waals surface area (Å²) in [6.07, 6.45) is 1.03. The third-order valence-corrected chi connectivity index (χ3v) is 3.95. The fourth-order valence-corrected chi connectivity index (χ4v) is 3.02. The fourth-order valence-electron chi connectivity index (χ4n) is 3.02. The van der Waals surface area contributed by atoms with E-state index in [0.717, 1.165) is 13.0 Å². The second-order valence-corrected chi connectivity index (χ2v) is 5.12. The number of hydrogen-bond donors (Lipinski definition) is 0. The first-order valence-electron chi connectivity index (χ1n) is 7.16. The summed E-state index contributed by atoms with van der Waals surface area (Å²) in [6.45, 7) is 2.11. The summed E-state index contributed by atoms with van der Waals surface area (Å²) in [5.41, 5.74) is 5.63. The molecule has 20 heavy (non-hydrogen) atoms. The van der Waals surface area contributed by atoms with Gasteiger partial charge in [0.2, 0.25) is 0 Å². The molecule has 0 aliphatic heterocycles. The number of ether oxygens (including phenoxy) is 2. The third kappa shape index (κ3) is 2.49. The summed E-state index contributed by atoms with van der Waals surface area (Å²) >= 11 is 0. The fraction of sp³-hybridized carbons (Fsp3) is 0.333. The number of hydrogen-bond acceptors (Lipinski definition) is 2. The van der Waals surface area contributed by atoms with Gasteiger partial charge in [0.15, 0.2) is 0 Å². The van der Waals surface area contributed by atoms with Gasteiger partial charge in [-0.2, -0.15) is 0 Å². The van der Waals surface area contributed by atoms with Crippen molar-refractivity contribution in [1.82, 2.24) is 0 Å². The molecule has 0 heterocycles. The zero-order chi connectivity index (χ0) is 13.8. The third-order valence-electron chi connectivity index (χ3n) is 3.95. The number of methoxy groups -OCH3 is 1. The molecule has 0 spiro atoms. The molecule has 2 aromatic carbocycles. The molecule has 0 bridgehead atoms. The van der Waals surface area contributed by atoms with Crippen molar-refractivity contribution in [3.63, 3.8) is 0 Å². The van der Waals surface area contributed by atoms with E-state index in [1.54, 1.807) is 7.11 Å². The molecule has 0 fully saturated rings. The lowest BCUT2D eigenvalue weighted by Crippen LogP contribution is -2.06. The average Bonchev–Trinajstić information content (AvgIpc) is 2.82. The highest BCUT2D eigenvalue weighted by Crippen LogP contribution is 2.45. The SMILES string of the molecule is COCCOCCC1c2ccccc2-c2ccccc21. The van der Waals surface area contributed by atoms with Gasteiger partial charge in [-0.25, -0.2) is 0 Å². The molecule has 0 saturated carbocycles. The topological polar surface area (TPSA) is 18.5 Å². The monoisotopic (exact) mass is 268 g/mol. The van der Waals surface area contributed by atoms with Crippen molar-refractivity contribution < 1.29 is 9.47 Å². The Morgan fingerprint density at radius 2 is 1.40 bits per heavy atom. The van der Waals surface area contributed by atoms with Gasteiger partial charge in [-0.1, -0.05) is 48.5 Å². The maximum Gasteiger partial charge on any atom is 0.0700 e. The van der Waals surface area contributed by atoms with Crippen molar-refractivity contribution >= 4 is 0 Å². The molecule has 3 rings (SSSR count). The lowest BCUT2D eigenvalue weighted by Gasteiger charge is -2.13. The summed E-state index contributed by atoms with van der Waals surface area (Å²) in [5.74, 6) is 0.463. The largest absolute Gasteiger partial charge is 0.382 e. The molecule has 0 N–H and O–H groups in total. The van der Waals surface area contributed by atoms with E-state index < -0.39 is 0 Å². The van der Waals surface area contributed by atoms with Crippen LogP contribution in [-0.4, -0.2) is 26.9 Å². The summed E-state index contributed by atoms with van der Waals surface area (Å²) in [7, 11) is 1.70. The second kappa shape index (κ2) is 6.21. The van der Waals surface area contributed by atoms with Crippen LogP contribution in [0.5, 0.6) is 0 Å². The van der Waals surface area contributed by atoms with Gasteiger partial charge in [-0.15, -0.1) is 0 Å². The zero-order valence-electron chi connectivity index (χ0n) is 11.8. The van der Waals surface area contributed by atoms with Gasteiger partial charge < -0.3 is 9.47 Å². The molecule has 1 aliphatic carbocycles. The lowest BCUT2D eigenvalue weighted by atomic mass is 9.94. The van der Waals surface area contributed by atoms with Crippen LogP contribution in [0.4, 0.5) is 0 Å². The Bertz CT molecular complexity index is 532. The Morgan fingerprint density at radius 3 is 2.00 bits per heavy atom. The maximum absolute atomic E-state index is 5.64. The Morgan fingerprint density at radius 1 is 0.800 bits per heavy atom. The number of rotatable bonds is 6. The van der Waals surface area contributed by atoms with Crippen LogP contribution in [-0.2, 0) is 9.47 Å². The minimum Gasteiger partial charge on any atom is -0.382 e. The highest BCUT2D eigenvalue weighted by Gasteiger charge is 2.27. The van der Waals surface area contributed by atoms with E-state index in [1.165, 1.54) is 22.3 Å². The molecule has 0 atom stereocenters. The minimum absolute atomic E-state index is 0.463. The Labute approximate surface area is 120 Å². The van der Waals surface area contributed by atoms with Crippen molar-refractivity contribution in [2.75, 3.05) is 26.9 Å². The van der Waals surface area contributed by atoms with Gasteiger partial charge in [0.1, 0.15) is 0 Å². The van der Waals surface area contributed by atoms with E-state index >= 15 is 0 Å². The quantitative estimate of drug-likeness (QED) is 0.741. The second-order valence-electron chi connectivity index (χ2n) is 5.12. The standard InChI is InChI=1S/C18H20O2/c1-19-12-13-20-11-10-18-16-8-4-2-6-14(16)15-7-3-5-9-17(15)18/h2-9,18H,10-13H2,1H3. The molecule has 0 radical (unpaired) electrons. The van der Waals surface area contributed by atoms with E-state index in [1.807, 2.05) is 0 Å². The first kappa shape index (κ1) is 13.3. The van der Waals surface area contributed by atoms with Crippen LogP contribution in [0.2, 0.25) is 0 Å². The van der Waals surface area contributed by atoms with Crippen molar-refractivity contribution in [2.45, 2.75) is 12.3 Å². The van der Waals surface area contributed by atoms with Crippen LogP contribution in [0.15, 0.2) is 48.5 Å². The number of fused-ring (bicyclic) bond motifs is 3. The van der Waals surface area contributed by atoms with Crippen LogP contribution >= 0.6 is 0 Å². The molecule has 0 amide bonds. The van der Waals surface area contributed by atoms with Gasteiger partial charge in [0.05, 0.1) is 13.2 Å². The molecular formula is C18H20O2. The molecule has 0 saturated heterocycles. The van der Waals surface area contributed by atoms with Crippen LogP contribution in [0, 0.1) is 0 Å². The van der Waals surface area contributed by atoms with Crippen LogP contribution in [0.1, 0.15) is 23.5 Å². The van der Waals surface area contributed by atoms with Crippen molar-refractivity contribution in [1.29, 1.82) is 0 Å². The molecule has 1 aliphatic rings. The van der Waals surface area contributed by atoms with Gasteiger partial charge in [-0.05, 0) is 28.7 Å². The predicted octanol–water partition coefficient (Wildman–Crippen LogP) is 3.85. The smallest absolute Gasteiger partial charge is 0.0700 e. The Hall–Kier alpha value is -1.64. The number of benzene rings is 2. The Kier molecular flexibility index (Phi) is 4.14. The van der Waals surface area contributed by atoms with Crippen LogP contribution < -0.4 is 0 Å². The summed E-state index contributed by atoms with van der Waals surface area (Å²) < 4.78 is 10.6. The van der Waals surface area contributed by atoms with Crippen molar-refractivity contribution in [3.8, 4) is 11.1 Å². The average molecular weight is 268 g/mol. The normalized spacial score (nSPS) is 13.2. The van der Waals surface area contributed by atoms with Gasteiger partial charge in [-0.3, -0.25) is 0 Å². The molecule has 2 nitrogen and oxygen atoms in total. The predicted molar refractivity (Wildman–Crippen MR) is 81.0 cm³/mol. The van der Waals surface area contributed by atoms with E-state index in [2.05, 4.69) is 48.5 Å². The molecule has 0 aromatic heterocycles. The molecule has 104 valence electrons. The van der Waals surface area contributed by atoms with Crippen molar-refractivity contribution in [3.05, 3.63) is 59.7 Å². The molecule has 2 heteroatoms. The van der Waals surface area contributed by atoms with E-state index in [-0.39, 0.29) is 0 Å².